The van der Waals surface area contributed by atoms with Gasteiger partial charge in [-0.2, -0.15) is 0 Å². The molecule has 4 aliphatic rings. The molecular weight excluding hydrogens is 256 g/mol. The summed E-state index contributed by atoms with van der Waals surface area (Å²) < 4.78 is 0. The molecule has 102 valence electrons. The van der Waals surface area contributed by atoms with Crippen LogP contribution in [0.4, 0.5) is 0 Å². The van der Waals surface area contributed by atoms with Gasteiger partial charge in [-0.3, -0.25) is 4.79 Å². The molecule has 5 rings (SSSR count). The summed E-state index contributed by atoms with van der Waals surface area (Å²) in [6.07, 6.45) is 18.3. The van der Waals surface area contributed by atoms with Gasteiger partial charge in [-0.15, -0.1) is 0 Å². The molecule has 0 saturated heterocycles. The van der Waals surface area contributed by atoms with Crippen LogP contribution in [0, 0.1) is 0 Å². The Balaban J connectivity index is 1.98. The highest BCUT2D eigenvalue weighted by Crippen LogP contribution is 2.39. The van der Waals surface area contributed by atoms with E-state index in [1.165, 1.54) is 45.9 Å². The molecule has 0 spiro atoms. The molecule has 1 nitrogen and oxygen atoms in total. The van der Waals surface area contributed by atoms with Crippen LogP contribution in [0.2, 0.25) is 0 Å². The smallest absolute Gasteiger partial charge is 0.168 e. The van der Waals surface area contributed by atoms with Crippen LogP contribution in [0.5, 0.6) is 0 Å². The summed E-state index contributed by atoms with van der Waals surface area (Å²) in [4.78, 5) is 12.8. The number of allylic oxidation sites excluding steroid dienone is 4. The molecule has 0 atom stereocenters. The van der Waals surface area contributed by atoms with Crippen LogP contribution in [0.15, 0.2) is 17.7 Å². The molecule has 0 aromatic heterocycles. The largest absolute Gasteiger partial charge is 0.294 e. The number of carbonyl (C=O) groups excluding carboxylic acids is 1. The fraction of sp³-hybridized carbons (Fsp3) is 0.250. The summed E-state index contributed by atoms with van der Waals surface area (Å²) in [6, 6.07) is 0. The third-order valence-corrected chi connectivity index (χ3v) is 5.25. The second kappa shape index (κ2) is 3.94. The average Bonchev–Trinajstić information content (AvgIpc) is 3.15. The first-order valence-electron chi connectivity index (χ1n) is 7.86. The fourth-order valence-corrected chi connectivity index (χ4v) is 4.37. The summed E-state index contributed by atoms with van der Waals surface area (Å²) >= 11 is 0. The fourth-order valence-electron chi connectivity index (χ4n) is 4.37. The second-order valence-electron chi connectivity index (χ2n) is 6.35. The lowest BCUT2D eigenvalue weighted by Crippen LogP contribution is -2.32. The van der Waals surface area contributed by atoms with Crippen molar-refractivity contribution in [2.24, 2.45) is 0 Å². The minimum Gasteiger partial charge on any atom is -0.294 e. The molecule has 0 amide bonds. The minimum absolute atomic E-state index is 0.324. The first kappa shape index (κ1) is 11.5. The highest BCUT2D eigenvalue weighted by molar-refractivity contribution is 6.08. The maximum absolute atomic E-state index is 12.8. The number of fused-ring (bicyclic) bond motifs is 7. The van der Waals surface area contributed by atoms with Gasteiger partial charge in [0, 0.05) is 12.0 Å². The first-order valence-corrected chi connectivity index (χ1v) is 7.86. The van der Waals surface area contributed by atoms with Gasteiger partial charge in [-0.1, -0.05) is 42.0 Å². The lowest BCUT2D eigenvalue weighted by atomic mass is 9.75. The van der Waals surface area contributed by atoms with E-state index in [2.05, 4.69) is 36.5 Å². The Bertz CT molecular complexity index is 920. The Labute approximate surface area is 123 Å². The van der Waals surface area contributed by atoms with Crippen molar-refractivity contribution in [1.82, 2.24) is 0 Å². The molecule has 0 aliphatic heterocycles. The second-order valence-corrected chi connectivity index (χ2v) is 6.35. The van der Waals surface area contributed by atoms with Crippen LogP contribution in [0.3, 0.4) is 0 Å². The number of Topliss-reactive ketones (excluding diaryl/α,β-unsaturated/α-hetero) is 1. The van der Waals surface area contributed by atoms with Crippen LogP contribution in [-0.4, -0.2) is 5.78 Å². The highest BCUT2D eigenvalue weighted by atomic mass is 16.1. The van der Waals surface area contributed by atoms with E-state index in [0.717, 1.165) is 23.6 Å². The van der Waals surface area contributed by atoms with Crippen molar-refractivity contribution in [1.29, 1.82) is 0 Å². The van der Waals surface area contributed by atoms with Gasteiger partial charge < -0.3 is 0 Å². The maximum atomic E-state index is 12.8. The number of benzene rings is 1. The molecule has 21 heavy (non-hydrogen) atoms. The zero-order chi connectivity index (χ0) is 14.0. The Morgan fingerprint density at radius 1 is 0.810 bits per heavy atom. The topological polar surface area (TPSA) is 17.1 Å². The summed E-state index contributed by atoms with van der Waals surface area (Å²) in [7, 11) is 0. The predicted octanol–water partition coefficient (Wildman–Crippen LogP) is 3.22. The molecular formula is C20H16O. The van der Waals surface area contributed by atoms with E-state index >= 15 is 0 Å². The molecule has 0 bridgehead atoms. The zero-order valence-corrected chi connectivity index (χ0v) is 11.9. The van der Waals surface area contributed by atoms with Crippen LogP contribution >= 0.6 is 0 Å². The van der Waals surface area contributed by atoms with Gasteiger partial charge in [0.2, 0.25) is 0 Å². The lowest BCUT2D eigenvalue weighted by Gasteiger charge is -2.28. The van der Waals surface area contributed by atoms with Crippen molar-refractivity contribution in [3.8, 4) is 0 Å². The average molecular weight is 272 g/mol. The van der Waals surface area contributed by atoms with Crippen LogP contribution < -0.4 is 10.4 Å². The van der Waals surface area contributed by atoms with Crippen LogP contribution in [0.1, 0.15) is 59.2 Å². The van der Waals surface area contributed by atoms with E-state index in [1.807, 2.05) is 0 Å². The molecule has 4 aliphatic carbocycles. The van der Waals surface area contributed by atoms with Gasteiger partial charge in [0.15, 0.2) is 5.78 Å². The van der Waals surface area contributed by atoms with Crippen LogP contribution in [0.25, 0.3) is 29.9 Å². The molecule has 1 aromatic carbocycles. The van der Waals surface area contributed by atoms with Gasteiger partial charge in [0.25, 0.3) is 0 Å². The third-order valence-electron chi connectivity index (χ3n) is 5.25. The number of hydrogen-bond donors (Lipinski definition) is 0. The summed E-state index contributed by atoms with van der Waals surface area (Å²) in [5.41, 5.74) is 7.69. The Kier molecular flexibility index (Phi) is 2.16. The number of rotatable bonds is 0. The van der Waals surface area contributed by atoms with Gasteiger partial charge in [-0.05, 0) is 58.4 Å². The molecule has 0 saturated carbocycles. The van der Waals surface area contributed by atoms with Crippen molar-refractivity contribution in [3.63, 3.8) is 0 Å². The van der Waals surface area contributed by atoms with Crippen molar-refractivity contribution >= 4 is 35.7 Å². The van der Waals surface area contributed by atoms with Gasteiger partial charge in [0.05, 0.1) is 0 Å². The molecule has 0 N–H and O–H groups in total. The third kappa shape index (κ3) is 1.39. The van der Waals surface area contributed by atoms with E-state index in [4.69, 9.17) is 0 Å². The van der Waals surface area contributed by atoms with Crippen molar-refractivity contribution in [2.45, 2.75) is 32.1 Å². The van der Waals surface area contributed by atoms with E-state index in [1.54, 1.807) is 0 Å². The SMILES string of the molecule is O=C1CC2=C(CCCC2)c2c1c1c(c3c2=CC=C3)C=CC=1. The molecule has 1 heteroatoms. The van der Waals surface area contributed by atoms with E-state index < -0.39 is 0 Å². The molecule has 0 fully saturated rings. The quantitative estimate of drug-likeness (QED) is 0.708. The summed E-state index contributed by atoms with van der Waals surface area (Å²) in [5, 5.41) is 2.44. The molecule has 0 radical (unpaired) electrons. The van der Waals surface area contributed by atoms with Gasteiger partial charge in [0.1, 0.15) is 0 Å². The normalized spacial score (nSPS) is 20.7. The Hall–Kier alpha value is -2.15. The Morgan fingerprint density at radius 2 is 1.48 bits per heavy atom. The summed E-state index contributed by atoms with van der Waals surface area (Å²) in [6.45, 7) is 0. The van der Waals surface area contributed by atoms with Crippen molar-refractivity contribution < 1.29 is 4.79 Å². The Morgan fingerprint density at radius 3 is 2.24 bits per heavy atom. The molecule has 0 heterocycles. The lowest BCUT2D eigenvalue weighted by molar-refractivity contribution is 0.0988. The standard InChI is InChI=1S/C20H16O/c21-18-11-12-5-1-2-6-13(12)19-16-9-3-7-14(16)15-8-4-10-17(15)20(18)19/h3-4,7-10H,1-2,5-6,11H2. The van der Waals surface area contributed by atoms with Crippen molar-refractivity contribution in [3.05, 3.63) is 50.4 Å². The first-order chi connectivity index (χ1) is 10.3. The van der Waals surface area contributed by atoms with E-state index in [-0.39, 0.29) is 0 Å². The number of carbonyl (C=O) groups is 1. The highest BCUT2D eigenvalue weighted by Gasteiger charge is 2.30. The number of hydrogen-bond acceptors (Lipinski definition) is 1. The van der Waals surface area contributed by atoms with Gasteiger partial charge in [-0.25, -0.2) is 0 Å². The van der Waals surface area contributed by atoms with Gasteiger partial charge >= 0.3 is 0 Å². The van der Waals surface area contributed by atoms with Crippen molar-refractivity contribution in [2.75, 3.05) is 0 Å². The minimum atomic E-state index is 0.324. The summed E-state index contributed by atoms with van der Waals surface area (Å²) in [5.74, 6) is 0.324. The number of ketones is 1. The maximum Gasteiger partial charge on any atom is 0.168 e. The molecule has 1 aromatic rings. The zero-order valence-electron chi connectivity index (χ0n) is 11.9. The molecule has 0 unspecified atom stereocenters. The van der Waals surface area contributed by atoms with E-state index in [9.17, 15) is 4.79 Å². The monoisotopic (exact) mass is 272 g/mol. The van der Waals surface area contributed by atoms with E-state index in [0.29, 0.717) is 12.2 Å². The van der Waals surface area contributed by atoms with Crippen LogP contribution in [-0.2, 0) is 0 Å². The predicted molar refractivity (Wildman–Crippen MR) is 87.0 cm³/mol.